The molecule has 0 saturated heterocycles. The van der Waals surface area contributed by atoms with Gasteiger partial charge in [-0.15, -0.1) is 0 Å². The Morgan fingerprint density at radius 1 is 1.25 bits per heavy atom. The summed E-state index contributed by atoms with van der Waals surface area (Å²) in [7, 11) is 0. The van der Waals surface area contributed by atoms with Gasteiger partial charge in [-0.05, 0) is 36.6 Å². The van der Waals surface area contributed by atoms with Crippen molar-refractivity contribution in [1.29, 1.82) is 0 Å². The monoisotopic (exact) mass is 268 g/mol. The third kappa shape index (κ3) is 2.09. The zero-order valence-electron chi connectivity index (χ0n) is 11.2. The van der Waals surface area contributed by atoms with E-state index in [2.05, 4.69) is 0 Å². The molecule has 0 bridgehead atoms. The van der Waals surface area contributed by atoms with Gasteiger partial charge in [0.05, 0.1) is 6.26 Å². The summed E-state index contributed by atoms with van der Waals surface area (Å²) in [5, 5.41) is 1.56. The highest BCUT2D eigenvalue weighted by Crippen LogP contribution is 2.19. The Morgan fingerprint density at radius 2 is 2.05 bits per heavy atom. The quantitative estimate of drug-likeness (QED) is 0.794. The van der Waals surface area contributed by atoms with Crippen molar-refractivity contribution >= 4 is 16.6 Å². The summed E-state index contributed by atoms with van der Waals surface area (Å²) < 4.78 is 6.97. The Hall–Kier alpha value is -2.49. The summed E-state index contributed by atoms with van der Waals surface area (Å²) in [4.78, 5) is 12.6. The van der Waals surface area contributed by atoms with Gasteiger partial charge in [-0.2, -0.15) is 0 Å². The maximum Gasteiger partial charge on any atom is 0.260 e. The number of anilines is 1. The van der Waals surface area contributed by atoms with Gasteiger partial charge >= 0.3 is 0 Å². The summed E-state index contributed by atoms with van der Waals surface area (Å²) in [5.41, 5.74) is 5.99. The number of furan rings is 1. The molecule has 0 aliphatic heterocycles. The van der Waals surface area contributed by atoms with Gasteiger partial charge in [-0.3, -0.25) is 9.36 Å². The molecular weight excluding hydrogens is 252 g/mol. The third-order valence-corrected chi connectivity index (χ3v) is 3.51. The van der Waals surface area contributed by atoms with Gasteiger partial charge < -0.3 is 10.2 Å². The standard InChI is InChI=1S/C16H16N2O2/c1-11(9-13-6-4-8-20-13)18-15(17)10-12-5-2-3-7-14(12)16(18)19/h2-8,10-11H,9,17H2,1H3. The molecule has 0 radical (unpaired) electrons. The molecule has 0 amide bonds. The Morgan fingerprint density at radius 3 is 2.80 bits per heavy atom. The summed E-state index contributed by atoms with van der Waals surface area (Å²) in [5.74, 6) is 1.32. The van der Waals surface area contributed by atoms with Crippen molar-refractivity contribution in [3.05, 3.63) is 64.8 Å². The second kappa shape index (κ2) is 4.89. The van der Waals surface area contributed by atoms with Crippen LogP contribution in [0.5, 0.6) is 0 Å². The minimum atomic E-state index is -0.0572. The van der Waals surface area contributed by atoms with E-state index >= 15 is 0 Å². The smallest absolute Gasteiger partial charge is 0.260 e. The Labute approximate surface area is 116 Å². The maximum absolute atomic E-state index is 12.6. The van der Waals surface area contributed by atoms with Crippen LogP contribution in [0.2, 0.25) is 0 Å². The lowest BCUT2D eigenvalue weighted by molar-refractivity contribution is 0.446. The van der Waals surface area contributed by atoms with Crippen LogP contribution in [0.15, 0.2) is 57.9 Å². The van der Waals surface area contributed by atoms with Crippen LogP contribution in [0.3, 0.4) is 0 Å². The number of benzene rings is 1. The average Bonchev–Trinajstić information content (AvgIpc) is 2.91. The van der Waals surface area contributed by atoms with Gasteiger partial charge in [-0.25, -0.2) is 0 Å². The molecule has 4 heteroatoms. The molecule has 0 fully saturated rings. The molecule has 1 atom stereocenters. The zero-order chi connectivity index (χ0) is 14.1. The van der Waals surface area contributed by atoms with E-state index in [1.165, 1.54) is 0 Å². The van der Waals surface area contributed by atoms with Crippen LogP contribution in [0.4, 0.5) is 5.82 Å². The first-order valence-corrected chi connectivity index (χ1v) is 6.59. The number of nitrogen functional groups attached to an aromatic ring is 1. The molecular formula is C16H16N2O2. The van der Waals surface area contributed by atoms with Gasteiger partial charge in [-0.1, -0.05) is 18.2 Å². The molecule has 1 unspecified atom stereocenters. The fraction of sp³-hybridized carbons (Fsp3) is 0.188. The van der Waals surface area contributed by atoms with Crippen molar-refractivity contribution in [3.8, 4) is 0 Å². The van der Waals surface area contributed by atoms with E-state index in [9.17, 15) is 4.79 Å². The van der Waals surface area contributed by atoms with E-state index in [0.29, 0.717) is 17.6 Å². The number of hydrogen-bond donors (Lipinski definition) is 1. The minimum absolute atomic E-state index is 0.0559. The number of fused-ring (bicyclic) bond motifs is 1. The van der Waals surface area contributed by atoms with Gasteiger partial charge in [0.25, 0.3) is 5.56 Å². The first kappa shape index (κ1) is 12.5. The molecule has 0 aliphatic rings. The van der Waals surface area contributed by atoms with Crippen molar-refractivity contribution < 1.29 is 4.42 Å². The number of nitrogens with two attached hydrogens (primary N) is 1. The molecule has 20 heavy (non-hydrogen) atoms. The molecule has 4 nitrogen and oxygen atoms in total. The fourth-order valence-corrected chi connectivity index (χ4v) is 2.56. The molecule has 102 valence electrons. The van der Waals surface area contributed by atoms with E-state index in [0.717, 1.165) is 11.1 Å². The second-order valence-electron chi connectivity index (χ2n) is 4.96. The van der Waals surface area contributed by atoms with Crippen LogP contribution in [0.25, 0.3) is 10.8 Å². The highest BCUT2D eigenvalue weighted by molar-refractivity contribution is 5.83. The number of aromatic nitrogens is 1. The number of rotatable bonds is 3. The molecule has 0 spiro atoms. The third-order valence-electron chi connectivity index (χ3n) is 3.51. The van der Waals surface area contributed by atoms with Crippen molar-refractivity contribution in [2.45, 2.75) is 19.4 Å². The van der Waals surface area contributed by atoms with Crippen LogP contribution >= 0.6 is 0 Å². The molecule has 0 aliphatic carbocycles. The molecule has 3 rings (SSSR count). The van der Waals surface area contributed by atoms with Crippen molar-refractivity contribution in [2.24, 2.45) is 0 Å². The van der Waals surface area contributed by atoms with Gasteiger partial charge in [0, 0.05) is 17.8 Å². The Balaban J connectivity index is 2.09. The minimum Gasteiger partial charge on any atom is -0.469 e. The lowest BCUT2D eigenvalue weighted by Crippen LogP contribution is -2.27. The molecule has 0 saturated carbocycles. The summed E-state index contributed by atoms with van der Waals surface area (Å²) in [6.45, 7) is 1.97. The highest BCUT2D eigenvalue weighted by Gasteiger charge is 2.14. The first-order valence-electron chi connectivity index (χ1n) is 6.59. The van der Waals surface area contributed by atoms with E-state index in [1.807, 2.05) is 49.4 Å². The average molecular weight is 268 g/mol. The molecule has 2 N–H and O–H groups in total. The Bertz CT molecular complexity index is 788. The van der Waals surface area contributed by atoms with Crippen molar-refractivity contribution in [2.75, 3.05) is 5.73 Å². The van der Waals surface area contributed by atoms with E-state index in [-0.39, 0.29) is 11.6 Å². The summed E-state index contributed by atoms with van der Waals surface area (Å²) in [6.07, 6.45) is 2.27. The van der Waals surface area contributed by atoms with E-state index < -0.39 is 0 Å². The lowest BCUT2D eigenvalue weighted by Gasteiger charge is -2.17. The zero-order valence-corrected chi connectivity index (χ0v) is 11.2. The predicted octanol–water partition coefficient (Wildman–Crippen LogP) is 2.98. The van der Waals surface area contributed by atoms with Crippen LogP contribution in [-0.2, 0) is 6.42 Å². The second-order valence-corrected chi connectivity index (χ2v) is 4.96. The van der Waals surface area contributed by atoms with Crippen LogP contribution in [-0.4, -0.2) is 4.57 Å². The van der Waals surface area contributed by atoms with Crippen molar-refractivity contribution in [1.82, 2.24) is 4.57 Å². The molecule has 3 aromatic rings. The fourth-order valence-electron chi connectivity index (χ4n) is 2.56. The normalized spacial score (nSPS) is 12.7. The molecule has 1 aromatic carbocycles. The first-order chi connectivity index (χ1) is 9.66. The van der Waals surface area contributed by atoms with Gasteiger partial charge in [0.1, 0.15) is 11.6 Å². The summed E-state index contributed by atoms with van der Waals surface area (Å²) >= 11 is 0. The maximum atomic E-state index is 12.6. The van der Waals surface area contributed by atoms with Crippen LogP contribution in [0.1, 0.15) is 18.7 Å². The number of nitrogens with zero attached hydrogens (tertiary/aromatic N) is 1. The SMILES string of the molecule is CC(Cc1ccco1)n1c(N)cc2ccccc2c1=O. The topological polar surface area (TPSA) is 61.2 Å². The van der Waals surface area contributed by atoms with Gasteiger partial charge in [0.15, 0.2) is 0 Å². The van der Waals surface area contributed by atoms with E-state index in [4.69, 9.17) is 10.2 Å². The van der Waals surface area contributed by atoms with Crippen LogP contribution < -0.4 is 11.3 Å². The Kier molecular flexibility index (Phi) is 3.06. The largest absolute Gasteiger partial charge is 0.469 e. The summed E-state index contributed by atoms with van der Waals surface area (Å²) in [6, 6.07) is 13.0. The van der Waals surface area contributed by atoms with Crippen LogP contribution in [0, 0.1) is 0 Å². The van der Waals surface area contributed by atoms with E-state index in [1.54, 1.807) is 10.8 Å². The molecule has 2 aromatic heterocycles. The molecule has 2 heterocycles. The predicted molar refractivity (Wildman–Crippen MR) is 79.7 cm³/mol. The number of hydrogen-bond acceptors (Lipinski definition) is 3. The van der Waals surface area contributed by atoms with Crippen molar-refractivity contribution in [3.63, 3.8) is 0 Å². The lowest BCUT2D eigenvalue weighted by atomic mass is 10.1. The number of pyridine rings is 1. The van der Waals surface area contributed by atoms with Gasteiger partial charge in [0.2, 0.25) is 0 Å². The highest BCUT2D eigenvalue weighted by atomic mass is 16.3.